The van der Waals surface area contributed by atoms with Crippen molar-refractivity contribution in [2.75, 3.05) is 48.8 Å². The van der Waals surface area contributed by atoms with Crippen molar-refractivity contribution in [3.05, 3.63) is 83.4 Å². The van der Waals surface area contributed by atoms with E-state index in [0.29, 0.717) is 6.42 Å². The Labute approximate surface area is 211 Å². The average Bonchev–Trinajstić information content (AvgIpc) is 3.17. The summed E-state index contributed by atoms with van der Waals surface area (Å²) in [6.45, 7) is 5.69. The highest BCUT2D eigenvalue weighted by Crippen LogP contribution is 2.33. The molecular weight excluding hydrogens is 450 g/mol. The van der Waals surface area contributed by atoms with E-state index in [2.05, 4.69) is 50.7 Å². The number of likely N-dealkylation sites (N-methyl/N-ethyl adjacent to an activating group) is 1. The van der Waals surface area contributed by atoms with Crippen molar-refractivity contribution in [2.45, 2.75) is 19.3 Å². The van der Waals surface area contributed by atoms with E-state index in [4.69, 9.17) is 0 Å². The summed E-state index contributed by atoms with van der Waals surface area (Å²) in [4.78, 5) is 33.4. The number of carbonyl (C=O) groups is 2. The molecule has 3 aromatic rings. The molecule has 0 radical (unpaired) electrons. The van der Waals surface area contributed by atoms with Gasteiger partial charge >= 0.3 is 0 Å². The van der Waals surface area contributed by atoms with Crippen molar-refractivity contribution in [1.82, 2.24) is 4.90 Å². The maximum atomic E-state index is 12.7. The Morgan fingerprint density at radius 2 is 1.78 bits per heavy atom. The number of carbonyl (C=O) groups excluding carboxylic acids is 2. The van der Waals surface area contributed by atoms with Crippen molar-refractivity contribution in [3.8, 4) is 0 Å². The van der Waals surface area contributed by atoms with E-state index in [0.717, 1.165) is 59.9 Å². The molecule has 1 unspecified atom stereocenters. The molecule has 0 aliphatic carbocycles. The first kappa shape index (κ1) is 23.8. The van der Waals surface area contributed by atoms with Gasteiger partial charge in [0.15, 0.2) is 0 Å². The highest BCUT2D eigenvalue weighted by molar-refractivity contribution is 6.12. The number of anilines is 3. The molecule has 2 aliphatic heterocycles. The lowest BCUT2D eigenvalue weighted by Crippen LogP contribution is -2.44. The third kappa shape index (κ3) is 5.47. The number of nitrogens with zero attached hydrogens (tertiary/aromatic N) is 3. The second-order valence-corrected chi connectivity index (χ2v) is 9.53. The van der Waals surface area contributed by atoms with Crippen LogP contribution in [0.1, 0.15) is 29.5 Å². The zero-order valence-corrected chi connectivity index (χ0v) is 20.7. The first-order chi connectivity index (χ1) is 17.4. The molecule has 1 saturated heterocycles. The summed E-state index contributed by atoms with van der Waals surface area (Å²) in [5.74, 6) is -0.582. The lowest BCUT2D eigenvalue weighted by Gasteiger charge is -2.34. The smallest absolute Gasteiger partial charge is 0.237 e. The van der Waals surface area contributed by atoms with Crippen LogP contribution in [-0.2, 0) is 16.0 Å². The molecule has 0 saturated carbocycles. The number of aliphatic imine (C=N–C) groups is 1. The van der Waals surface area contributed by atoms with E-state index in [1.165, 1.54) is 12.6 Å². The van der Waals surface area contributed by atoms with Gasteiger partial charge in [-0.1, -0.05) is 24.3 Å². The molecule has 1 fully saturated rings. The summed E-state index contributed by atoms with van der Waals surface area (Å²) < 4.78 is 0. The number of hydrogen-bond donors (Lipinski definition) is 2. The minimum Gasteiger partial charge on any atom is -0.369 e. The summed E-state index contributed by atoms with van der Waals surface area (Å²) in [6, 6.07) is 22.1. The number of amides is 2. The molecule has 7 heteroatoms. The number of hydrogen-bond acceptors (Lipinski definition) is 5. The van der Waals surface area contributed by atoms with Gasteiger partial charge in [0.25, 0.3) is 0 Å². The van der Waals surface area contributed by atoms with Crippen molar-refractivity contribution < 1.29 is 9.59 Å². The molecule has 7 nitrogen and oxygen atoms in total. The first-order valence-electron chi connectivity index (χ1n) is 12.3. The van der Waals surface area contributed by atoms with Crippen LogP contribution in [0.5, 0.6) is 0 Å². The Morgan fingerprint density at radius 1 is 1.03 bits per heavy atom. The fourth-order valence-electron chi connectivity index (χ4n) is 4.77. The van der Waals surface area contributed by atoms with Crippen LogP contribution in [0.2, 0.25) is 0 Å². The van der Waals surface area contributed by atoms with E-state index < -0.39 is 5.92 Å². The largest absolute Gasteiger partial charge is 0.369 e. The average molecular weight is 482 g/mol. The summed E-state index contributed by atoms with van der Waals surface area (Å²) in [7, 11) is 2.15. The second-order valence-electron chi connectivity index (χ2n) is 9.53. The van der Waals surface area contributed by atoms with E-state index in [9.17, 15) is 9.59 Å². The Balaban J connectivity index is 1.29. The molecule has 36 heavy (non-hydrogen) atoms. The van der Waals surface area contributed by atoms with Crippen LogP contribution >= 0.6 is 0 Å². The number of fused-ring (bicyclic) bond motifs is 1. The molecule has 184 valence electrons. The molecule has 2 amide bonds. The van der Waals surface area contributed by atoms with E-state index >= 15 is 0 Å². The van der Waals surface area contributed by atoms with Gasteiger partial charge in [-0.05, 0) is 72.6 Å². The highest BCUT2D eigenvalue weighted by Gasteiger charge is 2.29. The van der Waals surface area contributed by atoms with Gasteiger partial charge in [-0.3, -0.25) is 14.6 Å². The Morgan fingerprint density at radius 3 is 2.53 bits per heavy atom. The molecule has 2 aliphatic rings. The van der Waals surface area contributed by atoms with Crippen molar-refractivity contribution in [1.29, 1.82) is 0 Å². The quantitative estimate of drug-likeness (QED) is 0.511. The van der Waals surface area contributed by atoms with E-state index in [1.54, 1.807) is 6.21 Å². The van der Waals surface area contributed by atoms with Crippen molar-refractivity contribution in [3.63, 3.8) is 0 Å². The van der Waals surface area contributed by atoms with Crippen LogP contribution in [0.4, 0.5) is 22.7 Å². The fourth-order valence-corrected chi connectivity index (χ4v) is 4.77. The standard InChI is InChI=1S/C29H31N5O2/c1-20(35)31-24-5-3-4-21(17-24)16-22-6-11-28-26(18-22)27(29(36)32-28)19-30-23-7-9-25(10-8-23)34-14-12-33(2)13-15-34/h3-11,17-19,27H,12-16H2,1-2H3,(H,31,35)(H,32,36). The summed E-state index contributed by atoms with van der Waals surface area (Å²) in [6.07, 6.45) is 2.44. The lowest BCUT2D eigenvalue weighted by molar-refractivity contribution is -0.116. The van der Waals surface area contributed by atoms with Gasteiger partial charge in [0, 0.05) is 56.4 Å². The predicted octanol–water partition coefficient (Wildman–Crippen LogP) is 4.43. The Bertz CT molecular complexity index is 1290. The fraction of sp³-hybridized carbons (Fsp3) is 0.276. The molecular formula is C29H31N5O2. The van der Waals surface area contributed by atoms with Crippen LogP contribution in [0.3, 0.4) is 0 Å². The molecule has 0 aromatic heterocycles. The zero-order valence-electron chi connectivity index (χ0n) is 20.7. The SMILES string of the molecule is CC(=O)Nc1cccc(Cc2ccc3c(c2)C(C=Nc2ccc(N4CCN(C)CC4)cc2)C(=O)N3)c1. The number of rotatable bonds is 6. The van der Waals surface area contributed by atoms with Gasteiger partial charge in [-0.25, -0.2) is 0 Å². The van der Waals surface area contributed by atoms with E-state index in [-0.39, 0.29) is 11.8 Å². The molecule has 5 rings (SSSR count). The van der Waals surface area contributed by atoms with Gasteiger partial charge in [-0.2, -0.15) is 0 Å². The minimum atomic E-state index is -0.428. The Hall–Kier alpha value is -3.97. The summed E-state index contributed by atoms with van der Waals surface area (Å²) >= 11 is 0. The van der Waals surface area contributed by atoms with Gasteiger partial charge in [0.05, 0.1) is 5.69 Å². The molecule has 2 heterocycles. The third-order valence-corrected chi connectivity index (χ3v) is 6.74. The second kappa shape index (κ2) is 10.3. The lowest BCUT2D eigenvalue weighted by atomic mass is 9.96. The van der Waals surface area contributed by atoms with Gasteiger partial charge in [0.1, 0.15) is 5.92 Å². The van der Waals surface area contributed by atoms with Crippen LogP contribution in [-0.4, -0.2) is 56.2 Å². The van der Waals surface area contributed by atoms with Crippen LogP contribution in [0, 0.1) is 0 Å². The molecule has 0 bridgehead atoms. The third-order valence-electron chi connectivity index (χ3n) is 6.74. The van der Waals surface area contributed by atoms with Crippen LogP contribution < -0.4 is 15.5 Å². The maximum absolute atomic E-state index is 12.7. The van der Waals surface area contributed by atoms with Gasteiger partial charge in [-0.15, -0.1) is 0 Å². The Kier molecular flexibility index (Phi) is 6.82. The number of piperazine rings is 1. The van der Waals surface area contributed by atoms with Gasteiger partial charge in [0.2, 0.25) is 11.8 Å². The molecule has 0 spiro atoms. The van der Waals surface area contributed by atoms with Crippen LogP contribution in [0.15, 0.2) is 71.7 Å². The summed E-state index contributed by atoms with van der Waals surface area (Å²) in [5.41, 5.74) is 6.77. The van der Waals surface area contributed by atoms with Gasteiger partial charge < -0.3 is 20.4 Å². The first-order valence-corrected chi connectivity index (χ1v) is 12.3. The van der Waals surface area contributed by atoms with Crippen LogP contribution in [0.25, 0.3) is 0 Å². The predicted molar refractivity (Wildman–Crippen MR) is 146 cm³/mol. The molecule has 3 aromatic carbocycles. The normalized spacial score (nSPS) is 17.8. The molecule has 1 atom stereocenters. The topological polar surface area (TPSA) is 77.0 Å². The highest BCUT2D eigenvalue weighted by atomic mass is 16.2. The number of benzene rings is 3. The monoisotopic (exact) mass is 481 g/mol. The van der Waals surface area contributed by atoms with Crippen molar-refractivity contribution >= 4 is 40.8 Å². The zero-order chi connectivity index (χ0) is 25.1. The van der Waals surface area contributed by atoms with E-state index in [1.807, 2.05) is 48.5 Å². The molecule has 2 N–H and O–H groups in total. The minimum absolute atomic E-state index is 0.0624. The van der Waals surface area contributed by atoms with Crippen molar-refractivity contribution in [2.24, 2.45) is 4.99 Å². The number of nitrogens with one attached hydrogen (secondary N) is 2. The maximum Gasteiger partial charge on any atom is 0.237 e. The summed E-state index contributed by atoms with van der Waals surface area (Å²) in [5, 5.41) is 5.80.